The van der Waals surface area contributed by atoms with Crippen molar-refractivity contribution in [3.63, 3.8) is 0 Å². The molecule has 0 fully saturated rings. The van der Waals surface area contributed by atoms with Crippen molar-refractivity contribution in [3.8, 4) is 0 Å². The maximum Gasteiger partial charge on any atom is 0.514 e. The Kier molecular flexibility index (Phi) is 4.09. The van der Waals surface area contributed by atoms with Crippen LogP contribution in [0.1, 0.15) is 0 Å². The Bertz CT molecular complexity index is 107. The molecule has 0 aromatic carbocycles. The molecule has 0 N–H and O–H groups in total. The van der Waals surface area contributed by atoms with Crippen LogP contribution >= 0.6 is 8.25 Å². The molecule has 0 radical (unpaired) electrons. The van der Waals surface area contributed by atoms with E-state index in [1.807, 2.05) is 0 Å². The zero-order valence-electron chi connectivity index (χ0n) is 5.04. The molecule has 0 spiro atoms. The van der Waals surface area contributed by atoms with E-state index >= 15 is 0 Å². The lowest BCUT2D eigenvalue weighted by atomic mass is 11.4. The molecular formula is C3H7O5P. The highest BCUT2D eigenvalue weighted by atomic mass is 31.1. The second kappa shape index (κ2) is 4.35. The van der Waals surface area contributed by atoms with Crippen LogP contribution in [0.25, 0.3) is 0 Å². The predicted molar refractivity (Wildman–Crippen MR) is 29.5 cm³/mol. The molecule has 0 amide bonds. The highest BCUT2D eigenvalue weighted by Gasteiger charge is 2.04. The molecule has 1 unspecified atom stereocenters. The summed E-state index contributed by atoms with van der Waals surface area (Å²) in [6, 6.07) is 0. The maximum absolute atomic E-state index is 10.2. The average molecular weight is 154 g/mol. The number of rotatable bonds is 2. The predicted octanol–water partition coefficient (Wildman–Crippen LogP) is 0.805. The molecule has 0 aliphatic rings. The van der Waals surface area contributed by atoms with Crippen molar-refractivity contribution in [1.29, 1.82) is 0 Å². The third-order valence-corrected chi connectivity index (χ3v) is 1.17. The van der Waals surface area contributed by atoms with E-state index < -0.39 is 14.4 Å². The molecule has 9 heavy (non-hydrogen) atoms. The summed E-state index contributed by atoms with van der Waals surface area (Å²) < 4.78 is 22.4. The zero-order chi connectivity index (χ0) is 7.28. The van der Waals surface area contributed by atoms with Gasteiger partial charge in [-0.1, -0.05) is 0 Å². The maximum atomic E-state index is 10.2. The Morgan fingerprint density at radius 3 is 2.33 bits per heavy atom. The Hall–Kier alpha value is -0.540. The summed E-state index contributed by atoms with van der Waals surface area (Å²) in [5.74, 6) is 0. The van der Waals surface area contributed by atoms with Crippen molar-refractivity contribution in [2.45, 2.75) is 0 Å². The molecule has 0 bridgehead atoms. The minimum absolute atomic E-state index is 0.999. The van der Waals surface area contributed by atoms with E-state index in [1.165, 1.54) is 7.11 Å². The monoisotopic (exact) mass is 154 g/mol. The van der Waals surface area contributed by atoms with Gasteiger partial charge in [0.25, 0.3) is 0 Å². The normalized spacial score (nSPS) is 12.2. The molecule has 54 valence electrons. The number of methoxy groups -OCH3 is 1. The van der Waals surface area contributed by atoms with Crippen LogP contribution in [0, 0.1) is 0 Å². The lowest BCUT2D eigenvalue weighted by Gasteiger charge is -1.98. The highest BCUT2D eigenvalue weighted by molar-refractivity contribution is 7.33. The molecule has 6 heteroatoms. The van der Waals surface area contributed by atoms with E-state index in [2.05, 4.69) is 13.8 Å². The quantitative estimate of drug-likeness (QED) is 0.435. The first-order valence-corrected chi connectivity index (χ1v) is 3.27. The van der Waals surface area contributed by atoms with Gasteiger partial charge in [0.1, 0.15) is 0 Å². The third kappa shape index (κ3) is 4.00. The molecule has 0 rings (SSSR count). The molecule has 0 aromatic heterocycles. The molecular weight excluding hydrogens is 147 g/mol. The van der Waals surface area contributed by atoms with Gasteiger partial charge >= 0.3 is 14.4 Å². The summed E-state index contributed by atoms with van der Waals surface area (Å²) in [6.45, 7) is 0. The number of carbonyl (C=O) groups excluding carboxylic acids is 1. The largest absolute Gasteiger partial charge is 0.514 e. The van der Waals surface area contributed by atoms with E-state index in [0.717, 1.165) is 7.11 Å². The summed E-state index contributed by atoms with van der Waals surface area (Å²) in [5, 5.41) is 0. The molecule has 0 aliphatic carbocycles. The van der Waals surface area contributed by atoms with E-state index in [9.17, 15) is 9.36 Å². The average Bonchev–Trinajstić information content (AvgIpc) is 1.87. The lowest BCUT2D eigenvalue weighted by molar-refractivity contribution is 0.118. The second-order valence-corrected chi connectivity index (χ2v) is 2.12. The van der Waals surface area contributed by atoms with Crippen LogP contribution in [0.4, 0.5) is 4.79 Å². The van der Waals surface area contributed by atoms with E-state index in [1.54, 1.807) is 0 Å². The summed E-state index contributed by atoms with van der Waals surface area (Å²) in [5.41, 5.74) is 0. The standard InChI is InChI=1S/C3H7O5P/c1-6-3(4)8-9(5)7-2/h9H,1-2H3. The molecule has 0 saturated heterocycles. The minimum Gasteiger partial charge on any atom is -0.437 e. The fourth-order valence-corrected chi connectivity index (χ4v) is 0.454. The molecule has 0 saturated carbocycles. The molecule has 1 atom stereocenters. The Labute approximate surface area is 52.8 Å². The van der Waals surface area contributed by atoms with Gasteiger partial charge < -0.3 is 13.8 Å². The van der Waals surface area contributed by atoms with E-state index in [0.29, 0.717) is 0 Å². The first-order chi connectivity index (χ1) is 4.20. The number of hydrogen-bond donors (Lipinski definition) is 0. The smallest absolute Gasteiger partial charge is 0.437 e. The summed E-state index contributed by atoms with van der Waals surface area (Å²) in [6.07, 6.45) is -0.999. The van der Waals surface area contributed by atoms with Crippen molar-refractivity contribution in [3.05, 3.63) is 0 Å². The van der Waals surface area contributed by atoms with Crippen molar-refractivity contribution in [2.24, 2.45) is 0 Å². The van der Waals surface area contributed by atoms with Gasteiger partial charge in [0, 0.05) is 7.11 Å². The summed E-state index contributed by atoms with van der Waals surface area (Å²) in [4.78, 5) is 10.1. The fourth-order valence-electron chi connectivity index (χ4n) is 0.151. The van der Waals surface area contributed by atoms with Crippen LogP contribution in [-0.4, -0.2) is 20.4 Å². The highest BCUT2D eigenvalue weighted by Crippen LogP contribution is 2.21. The van der Waals surface area contributed by atoms with Crippen molar-refractivity contribution in [1.82, 2.24) is 0 Å². The SMILES string of the molecule is COC(=O)O[PH](=O)OC. The van der Waals surface area contributed by atoms with Gasteiger partial charge in [0.2, 0.25) is 0 Å². The van der Waals surface area contributed by atoms with Crippen molar-refractivity contribution in [2.75, 3.05) is 14.2 Å². The van der Waals surface area contributed by atoms with Gasteiger partial charge in [0.15, 0.2) is 0 Å². The second-order valence-electron chi connectivity index (χ2n) is 1.01. The number of ether oxygens (including phenoxy) is 1. The van der Waals surface area contributed by atoms with Crippen molar-refractivity contribution >= 4 is 14.4 Å². The Balaban J connectivity index is 3.47. The molecule has 0 aliphatic heterocycles. The Morgan fingerprint density at radius 1 is 1.44 bits per heavy atom. The van der Waals surface area contributed by atoms with Crippen LogP contribution in [0.15, 0.2) is 0 Å². The molecule has 0 aromatic rings. The van der Waals surface area contributed by atoms with Gasteiger partial charge in [-0.3, -0.25) is 0 Å². The van der Waals surface area contributed by atoms with Crippen molar-refractivity contribution < 1.29 is 23.1 Å². The third-order valence-electron chi connectivity index (χ3n) is 0.500. The fraction of sp³-hybridized carbons (Fsp3) is 0.667. The first kappa shape index (κ1) is 8.46. The number of carbonyl (C=O) groups is 1. The summed E-state index contributed by atoms with van der Waals surface area (Å²) >= 11 is 0. The van der Waals surface area contributed by atoms with Crippen LogP contribution in [-0.2, 0) is 18.3 Å². The summed E-state index contributed by atoms with van der Waals surface area (Å²) in [7, 11) is -0.376. The lowest BCUT2D eigenvalue weighted by Crippen LogP contribution is -1.97. The Morgan fingerprint density at radius 2 is 2.00 bits per heavy atom. The van der Waals surface area contributed by atoms with Gasteiger partial charge in [-0.15, -0.1) is 0 Å². The van der Waals surface area contributed by atoms with Gasteiger partial charge in [0.05, 0.1) is 7.11 Å². The van der Waals surface area contributed by atoms with Gasteiger partial charge in [-0.25, -0.2) is 9.36 Å². The van der Waals surface area contributed by atoms with Crippen LogP contribution in [0.2, 0.25) is 0 Å². The minimum atomic E-state index is -2.66. The van der Waals surface area contributed by atoms with Gasteiger partial charge in [-0.05, 0) is 0 Å². The van der Waals surface area contributed by atoms with Crippen LogP contribution in [0.3, 0.4) is 0 Å². The van der Waals surface area contributed by atoms with Crippen LogP contribution < -0.4 is 0 Å². The van der Waals surface area contributed by atoms with E-state index in [4.69, 9.17) is 0 Å². The topological polar surface area (TPSA) is 61.8 Å². The zero-order valence-corrected chi connectivity index (χ0v) is 6.04. The van der Waals surface area contributed by atoms with E-state index in [-0.39, 0.29) is 0 Å². The molecule has 5 nitrogen and oxygen atoms in total. The number of hydrogen-bond acceptors (Lipinski definition) is 5. The van der Waals surface area contributed by atoms with Crippen LogP contribution in [0.5, 0.6) is 0 Å². The first-order valence-electron chi connectivity index (χ1n) is 2.04. The molecule has 0 heterocycles. The van der Waals surface area contributed by atoms with Gasteiger partial charge in [-0.2, -0.15) is 0 Å².